The van der Waals surface area contributed by atoms with Gasteiger partial charge in [0.1, 0.15) is 0 Å². The number of halogens is 1. The largest absolute Gasteiger partial charge is 0.354 e. The minimum absolute atomic E-state index is 0.199. The molecule has 21 heavy (non-hydrogen) atoms. The lowest BCUT2D eigenvalue weighted by molar-refractivity contribution is -0.127. The highest BCUT2D eigenvalue weighted by Gasteiger charge is 2.28. The molecule has 3 rings (SSSR count). The lowest BCUT2D eigenvalue weighted by Crippen LogP contribution is -2.40. The van der Waals surface area contributed by atoms with Crippen LogP contribution in [0.2, 0.25) is 5.02 Å². The number of hydrogen-bond donors (Lipinski definition) is 1. The van der Waals surface area contributed by atoms with Gasteiger partial charge in [-0.15, -0.1) is 0 Å². The Kier molecular flexibility index (Phi) is 4.81. The zero-order chi connectivity index (χ0) is 14.7. The van der Waals surface area contributed by atoms with Crippen LogP contribution in [0.4, 0.5) is 0 Å². The summed E-state index contributed by atoms with van der Waals surface area (Å²) in [5.41, 5.74) is 1.13. The molecule has 0 spiro atoms. The van der Waals surface area contributed by atoms with E-state index in [2.05, 4.69) is 16.3 Å². The molecule has 1 saturated carbocycles. The first-order valence-electron chi connectivity index (χ1n) is 8.02. The van der Waals surface area contributed by atoms with Gasteiger partial charge in [0.25, 0.3) is 0 Å². The number of hydrogen-bond acceptors (Lipinski definition) is 2. The molecule has 1 amide bonds. The molecular weight excluding hydrogens is 284 g/mol. The molecule has 3 nitrogen and oxygen atoms in total. The number of carbonyl (C=O) groups excluding carboxylic acids is 1. The van der Waals surface area contributed by atoms with E-state index in [0.717, 1.165) is 36.5 Å². The molecule has 1 aliphatic heterocycles. The minimum atomic E-state index is 0.199. The summed E-state index contributed by atoms with van der Waals surface area (Å²) < 4.78 is 0. The molecule has 1 saturated heterocycles. The topological polar surface area (TPSA) is 32.3 Å². The van der Waals surface area contributed by atoms with Crippen molar-refractivity contribution in [1.82, 2.24) is 10.2 Å². The first-order valence-corrected chi connectivity index (χ1v) is 8.39. The molecule has 0 radical (unpaired) electrons. The lowest BCUT2D eigenvalue weighted by Gasteiger charge is -2.30. The zero-order valence-corrected chi connectivity index (χ0v) is 13.1. The van der Waals surface area contributed by atoms with E-state index in [4.69, 9.17) is 11.6 Å². The van der Waals surface area contributed by atoms with Gasteiger partial charge in [-0.05, 0) is 50.4 Å². The standard InChI is InChI=1S/C17H23ClN2O/c18-15-9-2-1-8-14(15)16(20-10-3-4-11-20)12-19-17(21)13-6-5-7-13/h1-2,8-9,13,16H,3-7,10-12H2,(H,19,21)/t16-/m1/s1. The van der Waals surface area contributed by atoms with Gasteiger partial charge in [-0.25, -0.2) is 0 Å². The Balaban J connectivity index is 1.70. The van der Waals surface area contributed by atoms with E-state index in [9.17, 15) is 4.79 Å². The predicted octanol–water partition coefficient (Wildman–Crippen LogP) is 3.39. The lowest BCUT2D eigenvalue weighted by atomic mass is 9.85. The fourth-order valence-electron chi connectivity index (χ4n) is 3.25. The van der Waals surface area contributed by atoms with Crippen molar-refractivity contribution >= 4 is 17.5 Å². The molecule has 1 N–H and O–H groups in total. The van der Waals surface area contributed by atoms with Crippen LogP contribution in [0, 0.1) is 5.92 Å². The maximum Gasteiger partial charge on any atom is 0.223 e. The van der Waals surface area contributed by atoms with E-state index in [1.165, 1.54) is 19.3 Å². The van der Waals surface area contributed by atoms with Crippen LogP contribution in [-0.4, -0.2) is 30.4 Å². The fourth-order valence-corrected chi connectivity index (χ4v) is 3.51. The number of nitrogens with one attached hydrogen (secondary N) is 1. The molecule has 1 aromatic rings. The van der Waals surface area contributed by atoms with Gasteiger partial charge in [0, 0.05) is 17.5 Å². The first kappa shape index (κ1) is 14.9. The van der Waals surface area contributed by atoms with E-state index < -0.39 is 0 Å². The molecule has 1 atom stereocenters. The fraction of sp³-hybridized carbons (Fsp3) is 0.588. The van der Waals surface area contributed by atoms with Gasteiger partial charge < -0.3 is 5.32 Å². The van der Waals surface area contributed by atoms with Crippen LogP contribution in [-0.2, 0) is 4.79 Å². The van der Waals surface area contributed by atoms with Crippen molar-refractivity contribution in [2.24, 2.45) is 5.92 Å². The van der Waals surface area contributed by atoms with Crippen molar-refractivity contribution < 1.29 is 4.79 Å². The molecule has 0 aromatic heterocycles. The smallest absolute Gasteiger partial charge is 0.223 e. The van der Waals surface area contributed by atoms with Gasteiger partial charge in [0.05, 0.1) is 6.04 Å². The van der Waals surface area contributed by atoms with Gasteiger partial charge in [0.15, 0.2) is 0 Å². The Labute approximate surface area is 131 Å². The molecule has 1 heterocycles. The van der Waals surface area contributed by atoms with Crippen molar-refractivity contribution in [3.63, 3.8) is 0 Å². The number of amides is 1. The molecule has 0 bridgehead atoms. The highest BCUT2D eigenvalue weighted by Crippen LogP contribution is 2.30. The Hall–Kier alpha value is -1.06. The van der Waals surface area contributed by atoms with Gasteiger partial charge in [0.2, 0.25) is 5.91 Å². The third kappa shape index (κ3) is 3.41. The summed E-state index contributed by atoms with van der Waals surface area (Å²) in [5, 5.41) is 3.95. The number of likely N-dealkylation sites (tertiary alicyclic amines) is 1. The average Bonchev–Trinajstić information content (AvgIpc) is 2.93. The third-order valence-corrected chi connectivity index (χ3v) is 5.14. The van der Waals surface area contributed by atoms with Gasteiger partial charge in [-0.1, -0.05) is 36.2 Å². The predicted molar refractivity (Wildman–Crippen MR) is 85.4 cm³/mol. The monoisotopic (exact) mass is 306 g/mol. The Morgan fingerprint density at radius 2 is 1.95 bits per heavy atom. The summed E-state index contributed by atoms with van der Waals surface area (Å²) >= 11 is 6.37. The second-order valence-corrected chi connectivity index (χ2v) is 6.56. The van der Waals surface area contributed by atoms with Crippen LogP contribution in [0.15, 0.2) is 24.3 Å². The highest BCUT2D eigenvalue weighted by atomic mass is 35.5. The van der Waals surface area contributed by atoms with Crippen molar-refractivity contribution in [3.8, 4) is 0 Å². The molecule has 114 valence electrons. The quantitative estimate of drug-likeness (QED) is 0.904. The number of carbonyl (C=O) groups is 1. The Morgan fingerprint density at radius 3 is 2.57 bits per heavy atom. The zero-order valence-electron chi connectivity index (χ0n) is 12.4. The van der Waals surface area contributed by atoms with E-state index in [0.29, 0.717) is 6.54 Å². The molecule has 2 aliphatic rings. The molecule has 0 unspecified atom stereocenters. The maximum absolute atomic E-state index is 12.1. The first-order chi connectivity index (χ1) is 10.3. The van der Waals surface area contributed by atoms with E-state index in [-0.39, 0.29) is 17.9 Å². The van der Waals surface area contributed by atoms with Gasteiger partial charge >= 0.3 is 0 Å². The summed E-state index contributed by atoms with van der Waals surface area (Å²) in [5.74, 6) is 0.466. The van der Waals surface area contributed by atoms with Crippen LogP contribution in [0.3, 0.4) is 0 Å². The molecule has 2 fully saturated rings. The minimum Gasteiger partial charge on any atom is -0.354 e. The van der Waals surface area contributed by atoms with Gasteiger partial charge in [-0.3, -0.25) is 9.69 Å². The molecule has 4 heteroatoms. The summed E-state index contributed by atoms with van der Waals surface area (Å²) in [6, 6.07) is 8.21. The third-order valence-electron chi connectivity index (χ3n) is 4.79. The van der Waals surface area contributed by atoms with Crippen molar-refractivity contribution in [3.05, 3.63) is 34.9 Å². The summed E-state index contributed by atoms with van der Waals surface area (Å²) in [4.78, 5) is 14.5. The molecular formula is C17H23ClN2O. The van der Waals surface area contributed by atoms with Crippen molar-refractivity contribution in [1.29, 1.82) is 0 Å². The van der Waals surface area contributed by atoms with Crippen LogP contribution in [0.25, 0.3) is 0 Å². The Bertz CT molecular complexity index is 495. The van der Waals surface area contributed by atoms with E-state index in [1.807, 2.05) is 18.2 Å². The van der Waals surface area contributed by atoms with Crippen molar-refractivity contribution in [2.75, 3.05) is 19.6 Å². The molecule has 1 aromatic carbocycles. The normalized spacial score (nSPS) is 21.0. The number of rotatable bonds is 5. The van der Waals surface area contributed by atoms with Crippen molar-refractivity contribution in [2.45, 2.75) is 38.1 Å². The SMILES string of the molecule is O=C(NC[C@H](c1ccccc1Cl)N1CCCC1)C1CCC1. The van der Waals surface area contributed by atoms with E-state index >= 15 is 0 Å². The Morgan fingerprint density at radius 1 is 1.24 bits per heavy atom. The summed E-state index contributed by atoms with van der Waals surface area (Å²) in [6.07, 6.45) is 5.76. The maximum atomic E-state index is 12.1. The van der Waals surface area contributed by atoms with Crippen LogP contribution >= 0.6 is 11.6 Å². The number of nitrogens with zero attached hydrogens (tertiary/aromatic N) is 1. The van der Waals surface area contributed by atoms with Crippen LogP contribution in [0.1, 0.15) is 43.7 Å². The average molecular weight is 307 g/mol. The summed E-state index contributed by atoms with van der Waals surface area (Å²) in [7, 11) is 0. The second kappa shape index (κ2) is 6.80. The van der Waals surface area contributed by atoms with Gasteiger partial charge in [-0.2, -0.15) is 0 Å². The highest BCUT2D eigenvalue weighted by molar-refractivity contribution is 6.31. The van der Waals surface area contributed by atoms with E-state index in [1.54, 1.807) is 0 Å². The second-order valence-electron chi connectivity index (χ2n) is 6.15. The molecule has 1 aliphatic carbocycles. The van der Waals surface area contributed by atoms with Crippen LogP contribution < -0.4 is 5.32 Å². The summed E-state index contributed by atoms with van der Waals surface area (Å²) in [6.45, 7) is 2.85. The number of benzene rings is 1. The van der Waals surface area contributed by atoms with Crippen LogP contribution in [0.5, 0.6) is 0 Å².